The molecule has 0 unspecified atom stereocenters. The smallest absolute Gasteiger partial charge is 0.325 e. The number of unbranched alkanes of at least 4 members (excludes halogenated alkanes) is 2. The maximum atomic E-state index is 12.1. The second kappa shape index (κ2) is 16.0. The largest absolute Gasteiger partial charge is 0.461 e. The molecule has 41 heavy (non-hydrogen) atoms. The van der Waals surface area contributed by atoms with Gasteiger partial charge in [0.2, 0.25) is 12.4 Å². The summed E-state index contributed by atoms with van der Waals surface area (Å²) >= 11 is 0. The van der Waals surface area contributed by atoms with Crippen LogP contribution in [-0.2, 0) is 37.9 Å². The van der Waals surface area contributed by atoms with Gasteiger partial charge in [-0.05, 0) is 43.5 Å². The number of esters is 3. The van der Waals surface area contributed by atoms with Crippen LogP contribution in [0.3, 0.4) is 0 Å². The molecule has 2 amide bonds. The van der Waals surface area contributed by atoms with Crippen molar-refractivity contribution in [3.63, 3.8) is 0 Å². The van der Waals surface area contributed by atoms with E-state index in [0.29, 0.717) is 18.7 Å². The van der Waals surface area contributed by atoms with E-state index in [1.165, 1.54) is 24.3 Å². The van der Waals surface area contributed by atoms with Gasteiger partial charge in [-0.1, -0.05) is 0 Å². The van der Waals surface area contributed by atoms with Crippen LogP contribution < -0.4 is 15.4 Å². The fraction of sp³-hybridized carbons (Fsp3) is 0.538. The van der Waals surface area contributed by atoms with Gasteiger partial charge in [0.15, 0.2) is 12.2 Å². The van der Waals surface area contributed by atoms with Crippen LogP contribution in [0.2, 0.25) is 0 Å². The highest BCUT2D eigenvalue weighted by molar-refractivity contribution is 7.51. The Hall–Kier alpha value is -3.63. The van der Waals surface area contributed by atoms with Gasteiger partial charge in [-0.25, -0.2) is 4.79 Å². The second-order valence-electron chi connectivity index (χ2n) is 9.13. The summed E-state index contributed by atoms with van der Waals surface area (Å²) in [4.78, 5) is 66.6. The zero-order valence-electron chi connectivity index (χ0n) is 22.9. The van der Waals surface area contributed by atoms with Crippen molar-refractivity contribution >= 4 is 37.2 Å². The molecule has 2 rings (SSSR count). The van der Waals surface area contributed by atoms with Crippen molar-refractivity contribution in [1.29, 1.82) is 0 Å². The highest BCUT2D eigenvalue weighted by Gasteiger charge is 2.53. The predicted molar refractivity (Wildman–Crippen MR) is 144 cm³/mol. The lowest BCUT2D eigenvalue weighted by molar-refractivity contribution is -0.283. The zero-order valence-corrected chi connectivity index (χ0v) is 23.8. The van der Waals surface area contributed by atoms with Crippen LogP contribution in [0.25, 0.3) is 0 Å². The van der Waals surface area contributed by atoms with Crippen LogP contribution in [-0.4, -0.2) is 77.1 Å². The monoisotopic (exact) mass is 598 g/mol. The molecule has 1 aliphatic rings. The van der Waals surface area contributed by atoms with Gasteiger partial charge in [-0.3, -0.25) is 18.9 Å². The Morgan fingerprint density at radius 2 is 1.54 bits per heavy atom. The summed E-state index contributed by atoms with van der Waals surface area (Å²) in [5.74, 6) is 0.335. The van der Waals surface area contributed by atoms with Gasteiger partial charge in [-0.2, -0.15) is 0 Å². The Morgan fingerprint density at radius 1 is 0.951 bits per heavy atom. The fourth-order valence-corrected chi connectivity index (χ4v) is 4.55. The van der Waals surface area contributed by atoms with Gasteiger partial charge in [-0.15, -0.1) is 12.3 Å². The molecule has 0 saturated carbocycles. The van der Waals surface area contributed by atoms with Crippen molar-refractivity contribution in [1.82, 2.24) is 5.32 Å². The lowest BCUT2D eigenvalue weighted by Crippen LogP contribution is -2.62. The molecule has 0 radical (unpaired) electrons. The maximum Gasteiger partial charge on any atom is 0.325 e. The summed E-state index contributed by atoms with van der Waals surface area (Å²) in [6, 6.07) is 5.63. The molecule has 1 heterocycles. The van der Waals surface area contributed by atoms with E-state index < -0.39 is 68.4 Å². The lowest BCUT2D eigenvalue weighted by Gasteiger charge is -2.44. The van der Waals surface area contributed by atoms with Crippen LogP contribution in [0, 0.1) is 12.3 Å². The Balaban J connectivity index is 2.24. The number of terminal acetylenes is 1. The van der Waals surface area contributed by atoms with Gasteiger partial charge in [0, 0.05) is 39.4 Å². The number of benzene rings is 1. The molecule has 0 bridgehead atoms. The van der Waals surface area contributed by atoms with Gasteiger partial charge in [0.05, 0.1) is 6.16 Å². The molecule has 15 heteroatoms. The SMILES string of the molecule is C#CCCCCNC(=O)Nc1ccc(O[C@H]2O[C@H](CCP(=O)(O)O)[C@@H](OC(C)=O)[C@H](OC(C)=O)[C@@H]2OC(C)=O)cc1. The molecule has 1 aromatic rings. The molecule has 14 nitrogen and oxygen atoms in total. The van der Waals surface area contributed by atoms with Crippen LogP contribution in [0.1, 0.15) is 46.5 Å². The Labute approximate surface area is 237 Å². The zero-order chi connectivity index (χ0) is 30.6. The fourth-order valence-electron chi connectivity index (χ4n) is 3.96. The summed E-state index contributed by atoms with van der Waals surface area (Å²) in [5.41, 5.74) is 0.437. The van der Waals surface area contributed by atoms with E-state index in [1.54, 1.807) is 0 Å². The molecule has 5 atom stereocenters. The van der Waals surface area contributed by atoms with E-state index in [0.717, 1.165) is 33.6 Å². The molecule has 0 spiro atoms. The Kier molecular flexibility index (Phi) is 13.1. The number of nitrogens with one attached hydrogen (secondary N) is 2. The predicted octanol–water partition coefficient (Wildman–Crippen LogP) is 2.08. The number of hydrogen-bond acceptors (Lipinski definition) is 10. The minimum Gasteiger partial charge on any atom is -0.461 e. The minimum atomic E-state index is -4.50. The first-order valence-electron chi connectivity index (χ1n) is 12.8. The highest BCUT2D eigenvalue weighted by Crippen LogP contribution is 2.39. The van der Waals surface area contributed by atoms with Gasteiger partial charge in [0.1, 0.15) is 11.9 Å². The standard InChI is InChI=1S/C26H35N2O12P/c1-5-6-7-8-14-27-26(32)28-19-9-11-20(12-10-19)39-25-24(38-18(4)31)23(37-17(3)30)22(36-16(2)29)21(40-25)13-15-41(33,34)35/h1,9-12,21-25H,6-8,13-15H2,2-4H3,(H2,27,28,32)(H2,33,34,35)/t21-,22-,23+,24+,25+/m1/s1. The molecule has 1 saturated heterocycles. The first-order valence-corrected chi connectivity index (χ1v) is 14.6. The second-order valence-corrected chi connectivity index (χ2v) is 10.9. The molecule has 0 aromatic heterocycles. The number of rotatable bonds is 13. The number of amides is 2. The highest BCUT2D eigenvalue weighted by atomic mass is 31.2. The molecule has 1 aliphatic heterocycles. The van der Waals surface area contributed by atoms with Gasteiger partial charge in [0.25, 0.3) is 0 Å². The van der Waals surface area contributed by atoms with Crippen molar-refractivity contribution in [2.24, 2.45) is 0 Å². The van der Waals surface area contributed by atoms with Crippen LogP contribution >= 0.6 is 7.60 Å². The van der Waals surface area contributed by atoms with Crippen molar-refractivity contribution < 1.29 is 57.2 Å². The molecule has 4 N–H and O–H groups in total. The third-order valence-electron chi connectivity index (χ3n) is 5.60. The molecule has 1 fully saturated rings. The Morgan fingerprint density at radius 3 is 2.10 bits per heavy atom. The average Bonchev–Trinajstić information content (AvgIpc) is 2.86. The number of urea groups is 1. The molecule has 0 aliphatic carbocycles. The lowest BCUT2D eigenvalue weighted by atomic mass is 9.96. The average molecular weight is 599 g/mol. The molecular weight excluding hydrogens is 563 g/mol. The van der Waals surface area contributed by atoms with Gasteiger partial charge < -0.3 is 44.1 Å². The maximum absolute atomic E-state index is 12.1. The first-order chi connectivity index (χ1) is 19.3. The first kappa shape index (κ1) is 33.6. The van der Waals surface area contributed by atoms with Crippen LogP contribution in [0.4, 0.5) is 10.5 Å². The van der Waals surface area contributed by atoms with Crippen molar-refractivity contribution in [2.45, 2.75) is 77.2 Å². The minimum absolute atomic E-state index is 0.189. The number of hydrogen-bond donors (Lipinski definition) is 4. The van der Waals surface area contributed by atoms with E-state index in [2.05, 4.69) is 16.6 Å². The van der Waals surface area contributed by atoms with Crippen LogP contribution in [0.5, 0.6) is 5.75 Å². The number of anilines is 1. The van der Waals surface area contributed by atoms with E-state index in [-0.39, 0.29) is 12.2 Å². The van der Waals surface area contributed by atoms with E-state index in [4.69, 9.17) is 30.1 Å². The molecular formula is C26H35N2O12P. The summed E-state index contributed by atoms with van der Waals surface area (Å²) < 4.78 is 39.3. The summed E-state index contributed by atoms with van der Waals surface area (Å²) in [5, 5.41) is 5.37. The Bertz CT molecular complexity index is 1150. The number of carbonyl (C=O) groups excluding carboxylic acids is 4. The van der Waals surface area contributed by atoms with Crippen molar-refractivity contribution in [2.75, 3.05) is 18.0 Å². The summed E-state index contributed by atoms with van der Waals surface area (Å²) in [6.45, 7) is 3.73. The summed E-state index contributed by atoms with van der Waals surface area (Å²) in [7, 11) is -4.50. The van der Waals surface area contributed by atoms with Gasteiger partial charge >= 0.3 is 31.5 Å². The normalized spacial score (nSPS) is 22.0. The molecule has 226 valence electrons. The van der Waals surface area contributed by atoms with E-state index in [1.807, 2.05) is 0 Å². The number of ether oxygens (including phenoxy) is 5. The third kappa shape index (κ3) is 12.2. The number of carbonyl (C=O) groups is 4. The van der Waals surface area contributed by atoms with Crippen LogP contribution in [0.15, 0.2) is 24.3 Å². The molecule has 1 aromatic carbocycles. The topological polar surface area (TPSA) is 196 Å². The van der Waals surface area contributed by atoms with Crippen molar-refractivity contribution in [3.05, 3.63) is 24.3 Å². The van der Waals surface area contributed by atoms with Crippen molar-refractivity contribution in [3.8, 4) is 18.1 Å². The quantitative estimate of drug-likeness (QED) is 0.0850. The van der Waals surface area contributed by atoms with E-state index >= 15 is 0 Å². The van der Waals surface area contributed by atoms with E-state index in [9.17, 15) is 33.5 Å². The summed E-state index contributed by atoms with van der Waals surface area (Å²) in [6.07, 6.45) is -0.470. The third-order valence-corrected chi connectivity index (χ3v) is 6.44.